The molecule has 7 nitrogen and oxygen atoms in total. The third kappa shape index (κ3) is 7.58. The van der Waals surface area contributed by atoms with Gasteiger partial charge in [-0.1, -0.05) is 25.8 Å². The van der Waals surface area contributed by atoms with Crippen molar-refractivity contribution in [2.45, 2.75) is 39.5 Å². The monoisotopic (exact) mass is 410 g/mol. The SMILES string of the molecule is CCCCCC(=O)Nc1cccc(NCC(=O)Nc2ccc(N(C)C(C)=O)cc2)c1. The fraction of sp³-hybridized carbons (Fsp3) is 0.348. The lowest BCUT2D eigenvalue weighted by molar-refractivity contribution is -0.117. The van der Waals surface area contributed by atoms with Gasteiger partial charge in [0.15, 0.2) is 0 Å². The van der Waals surface area contributed by atoms with Crippen LogP contribution in [0.15, 0.2) is 48.5 Å². The van der Waals surface area contributed by atoms with Crippen LogP contribution in [-0.2, 0) is 14.4 Å². The maximum Gasteiger partial charge on any atom is 0.243 e. The smallest absolute Gasteiger partial charge is 0.243 e. The van der Waals surface area contributed by atoms with Crippen LogP contribution in [0.3, 0.4) is 0 Å². The third-order valence-corrected chi connectivity index (χ3v) is 4.62. The van der Waals surface area contributed by atoms with E-state index in [2.05, 4.69) is 22.9 Å². The number of carbonyl (C=O) groups is 3. The molecule has 0 unspecified atom stereocenters. The summed E-state index contributed by atoms with van der Waals surface area (Å²) in [6.45, 7) is 3.68. The van der Waals surface area contributed by atoms with Crippen LogP contribution in [-0.4, -0.2) is 31.3 Å². The van der Waals surface area contributed by atoms with E-state index in [0.717, 1.165) is 30.6 Å². The van der Waals surface area contributed by atoms with Crippen LogP contribution in [0.5, 0.6) is 0 Å². The van der Waals surface area contributed by atoms with Crippen molar-refractivity contribution in [1.82, 2.24) is 0 Å². The maximum absolute atomic E-state index is 12.2. The highest BCUT2D eigenvalue weighted by Crippen LogP contribution is 2.18. The van der Waals surface area contributed by atoms with Crippen molar-refractivity contribution in [3.8, 4) is 0 Å². The molecule has 2 aromatic carbocycles. The van der Waals surface area contributed by atoms with E-state index in [1.807, 2.05) is 18.2 Å². The second-order valence-electron chi connectivity index (χ2n) is 7.11. The zero-order valence-electron chi connectivity index (χ0n) is 17.8. The molecule has 0 saturated carbocycles. The molecule has 0 aliphatic heterocycles. The van der Waals surface area contributed by atoms with Gasteiger partial charge in [-0.15, -0.1) is 0 Å². The van der Waals surface area contributed by atoms with Crippen LogP contribution in [0.1, 0.15) is 39.5 Å². The molecule has 2 rings (SSSR count). The minimum Gasteiger partial charge on any atom is -0.376 e. The van der Waals surface area contributed by atoms with Crippen LogP contribution in [0.2, 0.25) is 0 Å². The van der Waals surface area contributed by atoms with Gasteiger partial charge in [0.05, 0.1) is 6.54 Å². The van der Waals surface area contributed by atoms with Gasteiger partial charge >= 0.3 is 0 Å². The lowest BCUT2D eigenvalue weighted by Gasteiger charge is -2.15. The molecule has 0 saturated heterocycles. The Balaban J connectivity index is 1.83. The van der Waals surface area contributed by atoms with E-state index >= 15 is 0 Å². The average molecular weight is 411 g/mol. The van der Waals surface area contributed by atoms with Crippen molar-refractivity contribution >= 4 is 40.5 Å². The largest absolute Gasteiger partial charge is 0.376 e. The Hall–Kier alpha value is -3.35. The van der Waals surface area contributed by atoms with Crippen molar-refractivity contribution in [3.05, 3.63) is 48.5 Å². The Morgan fingerprint density at radius 2 is 1.53 bits per heavy atom. The summed E-state index contributed by atoms with van der Waals surface area (Å²) in [5.74, 6) is -0.260. The lowest BCUT2D eigenvalue weighted by atomic mass is 10.2. The van der Waals surface area contributed by atoms with Gasteiger partial charge < -0.3 is 20.9 Å². The van der Waals surface area contributed by atoms with Crippen LogP contribution >= 0.6 is 0 Å². The topological polar surface area (TPSA) is 90.5 Å². The van der Waals surface area contributed by atoms with E-state index < -0.39 is 0 Å². The second kappa shape index (κ2) is 11.6. The van der Waals surface area contributed by atoms with Crippen molar-refractivity contribution in [3.63, 3.8) is 0 Å². The number of carbonyl (C=O) groups excluding carboxylic acids is 3. The molecule has 0 bridgehead atoms. The highest BCUT2D eigenvalue weighted by atomic mass is 16.2. The average Bonchev–Trinajstić information content (AvgIpc) is 2.72. The summed E-state index contributed by atoms with van der Waals surface area (Å²) >= 11 is 0. The zero-order chi connectivity index (χ0) is 21.9. The summed E-state index contributed by atoms with van der Waals surface area (Å²) in [6, 6.07) is 14.3. The summed E-state index contributed by atoms with van der Waals surface area (Å²) in [5, 5.41) is 8.75. The van der Waals surface area contributed by atoms with Gasteiger partial charge in [0.2, 0.25) is 17.7 Å². The summed E-state index contributed by atoms with van der Waals surface area (Å²) in [6.07, 6.45) is 3.51. The highest BCUT2D eigenvalue weighted by Gasteiger charge is 2.07. The van der Waals surface area contributed by atoms with E-state index in [-0.39, 0.29) is 24.3 Å². The maximum atomic E-state index is 12.2. The van der Waals surface area contributed by atoms with Gasteiger partial charge in [-0.25, -0.2) is 0 Å². The number of unbranched alkanes of at least 4 members (excludes halogenated alkanes) is 2. The Labute approximate surface area is 177 Å². The molecule has 7 heteroatoms. The van der Waals surface area contributed by atoms with E-state index in [1.165, 1.54) is 11.8 Å². The van der Waals surface area contributed by atoms with Gasteiger partial charge in [0.1, 0.15) is 0 Å². The van der Waals surface area contributed by atoms with Gasteiger partial charge in [0, 0.05) is 43.1 Å². The Bertz CT molecular complexity index is 865. The molecule has 2 aromatic rings. The van der Waals surface area contributed by atoms with Crippen molar-refractivity contribution in [1.29, 1.82) is 0 Å². The Kier molecular flexibility index (Phi) is 8.87. The predicted octanol–water partition coefficient (Wildman–Crippen LogP) is 4.24. The molecule has 0 aromatic heterocycles. The Morgan fingerprint density at radius 3 is 2.20 bits per heavy atom. The molecule has 0 heterocycles. The number of rotatable bonds is 10. The molecule has 3 N–H and O–H groups in total. The molecule has 0 radical (unpaired) electrons. The van der Waals surface area contributed by atoms with Gasteiger partial charge in [0.25, 0.3) is 0 Å². The number of hydrogen-bond acceptors (Lipinski definition) is 4. The van der Waals surface area contributed by atoms with Crippen LogP contribution in [0.25, 0.3) is 0 Å². The number of nitrogens with zero attached hydrogens (tertiary/aromatic N) is 1. The van der Waals surface area contributed by atoms with Gasteiger partial charge in [-0.2, -0.15) is 0 Å². The number of anilines is 4. The minimum atomic E-state index is -0.198. The second-order valence-corrected chi connectivity index (χ2v) is 7.11. The van der Waals surface area contributed by atoms with Gasteiger partial charge in [-0.05, 0) is 48.9 Å². The van der Waals surface area contributed by atoms with E-state index in [9.17, 15) is 14.4 Å². The van der Waals surface area contributed by atoms with E-state index in [1.54, 1.807) is 37.4 Å². The standard InChI is InChI=1S/C23H30N4O3/c1-4-5-6-10-22(29)26-20-9-7-8-19(15-20)24-16-23(30)25-18-11-13-21(14-12-18)27(3)17(2)28/h7-9,11-15,24H,4-6,10,16H2,1-3H3,(H,25,30)(H,26,29). The number of amides is 3. The first-order valence-corrected chi connectivity index (χ1v) is 10.2. The summed E-state index contributed by atoms with van der Waals surface area (Å²) in [5.41, 5.74) is 2.85. The molecule has 0 spiro atoms. The predicted molar refractivity (Wildman–Crippen MR) is 122 cm³/mol. The molecule has 0 fully saturated rings. The van der Waals surface area contributed by atoms with E-state index in [0.29, 0.717) is 17.8 Å². The number of benzene rings is 2. The fourth-order valence-corrected chi connectivity index (χ4v) is 2.80. The van der Waals surface area contributed by atoms with Crippen molar-refractivity contribution in [2.24, 2.45) is 0 Å². The molecule has 30 heavy (non-hydrogen) atoms. The summed E-state index contributed by atoms with van der Waals surface area (Å²) in [7, 11) is 1.70. The van der Waals surface area contributed by atoms with Gasteiger partial charge in [-0.3, -0.25) is 14.4 Å². The first-order chi connectivity index (χ1) is 14.4. The van der Waals surface area contributed by atoms with Crippen LogP contribution < -0.4 is 20.9 Å². The minimum absolute atomic E-state index is 0.00259. The van der Waals surface area contributed by atoms with Crippen LogP contribution in [0, 0.1) is 0 Å². The molecule has 3 amide bonds. The zero-order valence-corrected chi connectivity index (χ0v) is 17.8. The summed E-state index contributed by atoms with van der Waals surface area (Å²) < 4.78 is 0. The normalized spacial score (nSPS) is 10.2. The van der Waals surface area contributed by atoms with Crippen molar-refractivity contribution < 1.29 is 14.4 Å². The molecular weight excluding hydrogens is 380 g/mol. The molecule has 0 aliphatic carbocycles. The first-order valence-electron chi connectivity index (χ1n) is 10.2. The van der Waals surface area contributed by atoms with Crippen LogP contribution in [0.4, 0.5) is 22.7 Å². The molecular formula is C23H30N4O3. The summed E-state index contributed by atoms with van der Waals surface area (Å²) in [4.78, 5) is 37.1. The molecule has 0 atom stereocenters. The third-order valence-electron chi connectivity index (χ3n) is 4.62. The van der Waals surface area contributed by atoms with E-state index in [4.69, 9.17) is 0 Å². The molecule has 0 aliphatic rings. The molecule has 160 valence electrons. The highest BCUT2D eigenvalue weighted by molar-refractivity contribution is 5.95. The number of nitrogens with one attached hydrogen (secondary N) is 3. The number of hydrogen-bond donors (Lipinski definition) is 3. The van der Waals surface area contributed by atoms with Crippen molar-refractivity contribution in [2.75, 3.05) is 34.4 Å². The lowest BCUT2D eigenvalue weighted by Crippen LogP contribution is -2.23. The first kappa shape index (κ1) is 22.9. The fourth-order valence-electron chi connectivity index (χ4n) is 2.80. The Morgan fingerprint density at radius 1 is 0.867 bits per heavy atom. The quantitative estimate of drug-likeness (QED) is 0.511.